The lowest BCUT2D eigenvalue weighted by Gasteiger charge is -2.45. The summed E-state index contributed by atoms with van der Waals surface area (Å²) in [5.41, 5.74) is 2.53. The third kappa shape index (κ3) is 2.72. The number of fused-ring (bicyclic) bond motifs is 3. The molecule has 3 heteroatoms. The predicted octanol–water partition coefficient (Wildman–Crippen LogP) is 3.48. The lowest BCUT2D eigenvalue weighted by molar-refractivity contribution is -0.131. The molecule has 3 aliphatic rings. The molecule has 1 amide bonds. The highest BCUT2D eigenvalue weighted by Crippen LogP contribution is 2.40. The van der Waals surface area contributed by atoms with Gasteiger partial charge >= 0.3 is 0 Å². The van der Waals surface area contributed by atoms with Crippen molar-refractivity contribution in [3.63, 3.8) is 0 Å². The predicted molar refractivity (Wildman–Crippen MR) is 92.9 cm³/mol. The van der Waals surface area contributed by atoms with Gasteiger partial charge in [-0.1, -0.05) is 30.7 Å². The van der Waals surface area contributed by atoms with E-state index in [1.54, 1.807) is 6.08 Å². The summed E-state index contributed by atoms with van der Waals surface area (Å²) >= 11 is 0. The van der Waals surface area contributed by atoms with E-state index in [1.807, 2.05) is 6.08 Å². The Kier molecular flexibility index (Phi) is 3.98. The summed E-state index contributed by atoms with van der Waals surface area (Å²) < 4.78 is 0. The molecule has 3 atom stereocenters. The maximum Gasteiger partial charge on any atom is 0.247 e. The zero-order chi connectivity index (χ0) is 15.8. The smallest absolute Gasteiger partial charge is 0.247 e. The number of rotatable bonds is 1. The first kappa shape index (κ1) is 14.9. The Hall–Kier alpha value is -1.61. The van der Waals surface area contributed by atoms with Gasteiger partial charge in [0.25, 0.3) is 0 Å². The van der Waals surface area contributed by atoms with Crippen LogP contribution >= 0.6 is 0 Å². The van der Waals surface area contributed by atoms with Crippen LogP contribution in [0.2, 0.25) is 0 Å². The molecule has 0 aliphatic carbocycles. The quantitative estimate of drug-likeness (QED) is 0.793. The molecule has 23 heavy (non-hydrogen) atoms. The van der Waals surface area contributed by atoms with E-state index in [0.29, 0.717) is 12.0 Å². The maximum atomic E-state index is 12.7. The van der Waals surface area contributed by atoms with Gasteiger partial charge in [-0.3, -0.25) is 4.79 Å². The van der Waals surface area contributed by atoms with Crippen LogP contribution in [0.4, 0.5) is 0 Å². The molecule has 3 heterocycles. The Morgan fingerprint density at radius 1 is 1.04 bits per heavy atom. The van der Waals surface area contributed by atoms with Crippen LogP contribution in [0.25, 0.3) is 6.08 Å². The molecule has 0 saturated carbocycles. The van der Waals surface area contributed by atoms with Crippen LogP contribution in [0.5, 0.6) is 0 Å². The first-order valence-electron chi connectivity index (χ1n) is 9.02. The van der Waals surface area contributed by atoms with Gasteiger partial charge in [0.2, 0.25) is 5.91 Å². The molecule has 1 aromatic rings. The topological polar surface area (TPSA) is 23.6 Å². The van der Waals surface area contributed by atoms with Crippen LogP contribution in [-0.4, -0.2) is 41.9 Å². The van der Waals surface area contributed by atoms with E-state index >= 15 is 0 Å². The van der Waals surface area contributed by atoms with Crippen molar-refractivity contribution < 1.29 is 4.79 Å². The van der Waals surface area contributed by atoms with Crippen LogP contribution < -0.4 is 0 Å². The van der Waals surface area contributed by atoms with Gasteiger partial charge in [0.15, 0.2) is 0 Å². The fourth-order valence-electron chi connectivity index (χ4n) is 4.80. The minimum Gasteiger partial charge on any atom is -0.332 e. The lowest BCUT2D eigenvalue weighted by Crippen LogP contribution is -2.50. The van der Waals surface area contributed by atoms with Gasteiger partial charge in [-0.2, -0.15) is 0 Å². The van der Waals surface area contributed by atoms with Crippen molar-refractivity contribution >= 4 is 12.0 Å². The first-order valence-corrected chi connectivity index (χ1v) is 9.02. The maximum absolute atomic E-state index is 12.7. The molecule has 1 aromatic carbocycles. The summed E-state index contributed by atoms with van der Waals surface area (Å²) in [4.78, 5) is 17.3. The Bertz CT molecular complexity index is 624. The molecule has 0 bridgehead atoms. The number of benzene rings is 1. The number of likely N-dealkylation sites (tertiary alicyclic amines) is 1. The van der Waals surface area contributed by atoms with Crippen molar-refractivity contribution in [2.45, 2.75) is 44.2 Å². The molecule has 0 aromatic heterocycles. The molecule has 3 nitrogen and oxygen atoms in total. The van der Waals surface area contributed by atoms with Gasteiger partial charge in [0.05, 0.1) is 6.04 Å². The van der Waals surface area contributed by atoms with Crippen molar-refractivity contribution in [1.29, 1.82) is 0 Å². The average molecular weight is 310 g/mol. The van der Waals surface area contributed by atoms with Crippen molar-refractivity contribution in [2.24, 2.45) is 5.92 Å². The van der Waals surface area contributed by atoms with E-state index in [2.05, 4.69) is 41.1 Å². The van der Waals surface area contributed by atoms with E-state index in [-0.39, 0.29) is 11.9 Å². The molecule has 2 saturated heterocycles. The van der Waals surface area contributed by atoms with Crippen LogP contribution in [0.1, 0.15) is 49.3 Å². The summed E-state index contributed by atoms with van der Waals surface area (Å²) in [6.45, 7) is 2.12. The molecule has 0 radical (unpaired) electrons. The van der Waals surface area contributed by atoms with Crippen molar-refractivity contribution in [3.8, 4) is 0 Å². The van der Waals surface area contributed by atoms with Crippen LogP contribution in [-0.2, 0) is 4.79 Å². The lowest BCUT2D eigenvalue weighted by atomic mass is 9.81. The molecule has 4 rings (SSSR count). The van der Waals surface area contributed by atoms with E-state index in [4.69, 9.17) is 0 Å². The van der Waals surface area contributed by atoms with Crippen molar-refractivity contribution in [2.75, 3.05) is 20.1 Å². The molecular formula is C20H26N2O. The number of hydrogen-bond acceptors (Lipinski definition) is 2. The minimum absolute atomic E-state index is 0.189. The van der Waals surface area contributed by atoms with Gasteiger partial charge in [-0.15, -0.1) is 0 Å². The van der Waals surface area contributed by atoms with Gasteiger partial charge < -0.3 is 9.80 Å². The fraction of sp³-hybridized carbons (Fsp3) is 0.550. The number of amides is 1. The zero-order valence-electron chi connectivity index (χ0n) is 13.9. The fourth-order valence-corrected chi connectivity index (χ4v) is 4.80. The Balaban J connectivity index is 1.59. The molecule has 3 aliphatic heterocycles. The Morgan fingerprint density at radius 2 is 1.91 bits per heavy atom. The largest absolute Gasteiger partial charge is 0.332 e. The van der Waals surface area contributed by atoms with Gasteiger partial charge in [-0.25, -0.2) is 0 Å². The highest BCUT2D eigenvalue weighted by molar-refractivity contribution is 5.93. The molecule has 3 unspecified atom stereocenters. The monoisotopic (exact) mass is 310 g/mol. The number of carbonyl (C=O) groups is 1. The average Bonchev–Trinajstić information content (AvgIpc) is 2.73. The van der Waals surface area contributed by atoms with Gasteiger partial charge in [0, 0.05) is 18.7 Å². The van der Waals surface area contributed by atoms with Crippen LogP contribution in [0.3, 0.4) is 0 Å². The van der Waals surface area contributed by atoms with E-state index in [9.17, 15) is 4.79 Å². The normalized spacial score (nSPS) is 31.4. The highest BCUT2D eigenvalue weighted by atomic mass is 16.2. The molecular weight excluding hydrogens is 284 g/mol. The van der Waals surface area contributed by atoms with E-state index < -0.39 is 0 Å². The Morgan fingerprint density at radius 3 is 2.78 bits per heavy atom. The number of nitrogens with zero attached hydrogens (tertiary/aromatic N) is 2. The second-order valence-electron chi connectivity index (χ2n) is 7.35. The van der Waals surface area contributed by atoms with E-state index in [0.717, 1.165) is 13.0 Å². The van der Waals surface area contributed by atoms with Gasteiger partial charge in [0.1, 0.15) is 0 Å². The van der Waals surface area contributed by atoms with Crippen molar-refractivity contribution in [3.05, 3.63) is 41.5 Å². The Labute approximate surface area is 139 Å². The molecule has 2 fully saturated rings. The third-order valence-corrected chi connectivity index (χ3v) is 6.03. The standard InChI is InChI=1S/C20H26N2O/c1-21-13-5-4-8-18(21)16-9-11-19-17-7-3-2-6-15(17)10-12-20(23)22(19)14-16/h2-3,6-7,10,12,16,18-19H,4-5,8-9,11,13-14H2,1H3. The van der Waals surface area contributed by atoms with Gasteiger partial charge in [-0.05, 0) is 62.4 Å². The first-order chi connectivity index (χ1) is 11.2. The molecule has 122 valence electrons. The third-order valence-electron chi connectivity index (χ3n) is 6.03. The number of piperidine rings is 2. The molecule has 0 spiro atoms. The summed E-state index contributed by atoms with van der Waals surface area (Å²) in [5, 5.41) is 0. The number of hydrogen-bond donors (Lipinski definition) is 0. The zero-order valence-corrected chi connectivity index (χ0v) is 13.9. The minimum atomic E-state index is 0.189. The summed E-state index contributed by atoms with van der Waals surface area (Å²) in [5.74, 6) is 0.813. The number of carbonyl (C=O) groups excluding carboxylic acids is 1. The second-order valence-corrected chi connectivity index (χ2v) is 7.35. The highest BCUT2D eigenvalue weighted by Gasteiger charge is 2.38. The SMILES string of the molecule is CN1CCCCC1C1CCC2c3ccccc3C=CC(=O)N2C1. The summed E-state index contributed by atoms with van der Waals surface area (Å²) in [7, 11) is 2.26. The van der Waals surface area contributed by atoms with Crippen LogP contribution in [0, 0.1) is 5.92 Å². The van der Waals surface area contributed by atoms with Crippen LogP contribution in [0.15, 0.2) is 30.3 Å². The summed E-state index contributed by atoms with van der Waals surface area (Å²) in [6, 6.07) is 9.40. The summed E-state index contributed by atoms with van der Waals surface area (Å²) in [6.07, 6.45) is 10.0. The molecule has 0 N–H and O–H groups in total. The van der Waals surface area contributed by atoms with Crippen molar-refractivity contribution in [1.82, 2.24) is 9.80 Å². The second kappa shape index (κ2) is 6.12. The van der Waals surface area contributed by atoms with E-state index in [1.165, 1.54) is 43.4 Å².